The molecule has 0 fully saturated rings. The molecule has 0 aromatic rings. The quantitative estimate of drug-likeness (QED) is 0.469. The van der Waals surface area contributed by atoms with Gasteiger partial charge in [0.1, 0.15) is 0 Å². The van der Waals surface area contributed by atoms with Gasteiger partial charge in [0.2, 0.25) is 0 Å². The van der Waals surface area contributed by atoms with Crippen LogP contribution in [0.25, 0.3) is 0 Å². The minimum atomic E-state index is 0.957. The fourth-order valence-electron chi connectivity index (χ4n) is 0.495. The molecule has 0 unspecified atom stereocenters. The molecule has 1 heteroatoms. The minimum Gasteiger partial charge on any atom is -0.387 e. The van der Waals surface area contributed by atoms with Crippen LogP contribution in [0.4, 0.5) is 0 Å². The van der Waals surface area contributed by atoms with Gasteiger partial charge in [-0.2, -0.15) is 0 Å². The normalized spacial score (nSPS) is 18.1. The van der Waals surface area contributed by atoms with Gasteiger partial charge < -0.3 is 5.32 Å². The summed E-state index contributed by atoms with van der Waals surface area (Å²) in [5.41, 5.74) is 1.22. The summed E-state index contributed by atoms with van der Waals surface area (Å²) in [5, 5.41) is 3.00. The van der Waals surface area contributed by atoms with E-state index in [1.165, 1.54) is 5.57 Å². The first-order valence-electron chi connectivity index (χ1n) is 2.38. The number of nitrogens with one attached hydrogen (secondary N) is 1. The summed E-state index contributed by atoms with van der Waals surface area (Å²) in [6, 6.07) is 0. The number of hydrogen-bond donors (Lipinski definition) is 1. The lowest BCUT2D eigenvalue weighted by Crippen LogP contribution is -2.07. The molecule has 1 rings (SSSR count). The molecule has 0 aliphatic carbocycles. The Morgan fingerprint density at radius 1 is 1.86 bits per heavy atom. The summed E-state index contributed by atoms with van der Waals surface area (Å²) in [7, 11) is 0. The van der Waals surface area contributed by atoms with E-state index in [4.69, 9.17) is 0 Å². The molecule has 7 heavy (non-hydrogen) atoms. The van der Waals surface area contributed by atoms with Gasteiger partial charge in [-0.1, -0.05) is 6.08 Å². The highest BCUT2D eigenvalue weighted by Gasteiger charge is 1.85. The third kappa shape index (κ3) is 1.07. The van der Waals surface area contributed by atoms with Crippen molar-refractivity contribution in [2.45, 2.75) is 6.92 Å². The van der Waals surface area contributed by atoms with Gasteiger partial charge in [0, 0.05) is 18.8 Å². The van der Waals surface area contributed by atoms with Crippen LogP contribution in [0, 0.1) is 6.08 Å². The molecule has 0 spiro atoms. The Hall–Kier alpha value is -0.720. The number of rotatable bonds is 0. The average molecular weight is 94.1 g/mol. The molecule has 0 aromatic heterocycles. The van der Waals surface area contributed by atoms with Gasteiger partial charge >= 0.3 is 0 Å². The molecule has 0 saturated carbocycles. The standard InChI is InChI=1S/C6H8N/c1-6-2-4-7-5-3-6/h2,5,7H,4H2,1H3. The number of hydrogen-bond acceptors (Lipinski definition) is 1. The second kappa shape index (κ2) is 1.82. The van der Waals surface area contributed by atoms with Crippen molar-refractivity contribution in [1.29, 1.82) is 0 Å². The van der Waals surface area contributed by atoms with Crippen LogP contribution in [-0.2, 0) is 0 Å². The second-order valence-electron chi connectivity index (χ2n) is 1.58. The maximum absolute atomic E-state index is 3.01. The fourth-order valence-corrected chi connectivity index (χ4v) is 0.495. The largest absolute Gasteiger partial charge is 0.387 e. The third-order valence-electron chi connectivity index (χ3n) is 0.928. The molecule has 0 bridgehead atoms. The van der Waals surface area contributed by atoms with E-state index in [1.807, 2.05) is 13.1 Å². The highest BCUT2D eigenvalue weighted by atomic mass is 14.8. The first kappa shape index (κ1) is 4.44. The van der Waals surface area contributed by atoms with E-state index in [9.17, 15) is 0 Å². The topological polar surface area (TPSA) is 12.0 Å². The maximum atomic E-state index is 3.01. The SMILES string of the molecule is CC1=CCNC=[C]1. The Kier molecular flexibility index (Phi) is 1.16. The van der Waals surface area contributed by atoms with Crippen LogP contribution in [0.5, 0.6) is 0 Å². The van der Waals surface area contributed by atoms with Gasteiger partial charge in [-0.25, -0.2) is 0 Å². The van der Waals surface area contributed by atoms with E-state index in [2.05, 4.69) is 17.5 Å². The zero-order valence-corrected chi connectivity index (χ0v) is 4.36. The van der Waals surface area contributed by atoms with E-state index in [0.29, 0.717) is 0 Å². The molecule has 1 aliphatic heterocycles. The van der Waals surface area contributed by atoms with Gasteiger partial charge in [-0.15, -0.1) is 0 Å². The lowest BCUT2D eigenvalue weighted by Gasteiger charge is -2.00. The minimum absolute atomic E-state index is 0.957. The first-order valence-corrected chi connectivity index (χ1v) is 2.38. The van der Waals surface area contributed by atoms with Crippen molar-refractivity contribution < 1.29 is 0 Å². The fraction of sp³-hybridized carbons (Fsp3) is 0.333. The van der Waals surface area contributed by atoms with Crippen LogP contribution in [-0.4, -0.2) is 6.54 Å². The third-order valence-corrected chi connectivity index (χ3v) is 0.928. The van der Waals surface area contributed by atoms with Crippen LogP contribution in [0.2, 0.25) is 0 Å². The highest BCUT2D eigenvalue weighted by molar-refractivity contribution is 5.13. The van der Waals surface area contributed by atoms with Crippen molar-refractivity contribution in [1.82, 2.24) is 5.32 Å². The average Bonchev–Trinajstić information content (AvgIpc) is 1.69. The molecule has 1 N–H and O–H groups in total. The molecular formula is C6H8N. The molecule has 0 amide bonds. The van der Waals surface area contributed by atoms with Crippen molar-refractivity contribution in [3.8, 4) is 0 Å². The molecule has 1 radical (unpaired) electrons. The highest BCUT2D eigenvalue weighted by Crippen LogP contribution is 1.93. The van der Waals surface area contributed by atoms with E-state index in [1.54, 1.807) is 0 Å². The molecule has 0 aromatic carbocycles. The lowest BCUT2D eigenvalue weighted by atomic mass is 10.2. The molecule has 1 heterocycles. The Morgan fingerprint density at radius 3 is 3.00 bits per heavy atom. The summed E-state index contributed by atoms with van der Waals surface area (Å²) < 4.78 is 0. The second-order valence-corrected chi connectivity index (χ2v) is 1.58. The van der Waals surface area contributed by atoms with E-state index >= 15 is 0 Å². The van der Waals surface area contributed by atoms with Crippen LogP contribution < -0.4 is 5.32 Å². The van der Waals surface area contributed by atoms with Crippen molar-refractivity contribution >= 4 is 0 Å². The molecule has 0 saturated heterocycles. The van der Waals surface area contributed by atoms with Crippen LogP contribution in [0.15, 0.2) is 17.8 Å². The van der Waals surface area contributed by atoms with E-state index < -0.39 is 0 Å². The monoisotopic (exact) mass is 94.1 g/mol. The van der Waals surface area contributed by atoms with Gasteiger partial charge in [-0.05, 0) is 12.5 Å². The smallest absolute Gasteiger partial charge is 0.0331 e. The predicted molar refractivity (Wildman–Crippen MR) is 29.6 cm³/mol. The maximum Gasteiger partial charge on any atom is 0.0331 e. The number of dihydropyridines is 1. The van der Waals surface area contributed by atoms with Gasteiger partial charge in [-0.3, -0.25) is 0 Å². The van der Waals surface area contributed by atoms with Gasteiger partial charge in [0.15, 0.2) is 0 Å². The Labute approximate surface area is 43.7 Å². The van der Waals surface area contributed by atoms with Gasteiger partial charge in [0.05, 0.1) is 0 Å². The Balaban J connectivity index is 2.58. The zero-order chi connectivity index (χ0) is 5.11. The van der Waals surface area contributed by atoms with E-state index in [-0.39, 0.29) is 0 Å². The van der Waals surface area contributed by atoms with Crippen molar-refractivity contribution in [3.05, 3.63) is 23.9 Å². The van der Waals surface area contributed by atoms with E-state index in [0.717, 1.165) is 6.54 Å². The van der Waals surface area contributed by atoms with Crippen LogP contribution in [0.1, 0.15) is 6.92 Å². The summed E-state index contributed by atoms with van der Waals surface area (Å²) in [6.45, 7) is 3.00. The molecule has 1 aliphatic rings. The Bertz CT molecular complexity index is 111. The van der Waals surface area contributed by atoms with Crippen molar-refractivity contribution in [3.63, 3.8) is 0 Å². The van der Waals surface area contributed by atoms with Crippen LogP contribution in [0.3, 0.4) is 0 Å². The molecular weight excluding hydrogens is 86.1 g/mol. The van der Waals surface area contributed by atoms with Crippen LogP contribution >= 0.6 is 0 Å². The molecule has 0 atom stereocenters. The lowest BCUT2D eigenvalue weighted by molar-refractivity contribution is 0.950. The number of allylic oxidation sites excluding steroid dienone is 2. The first-order chi connectivity index (χ1) is 3.39. The predicted octanol–water partition coefficient (Wildman–Crippen LogP) is 0.853. The molecule has 37 valence electrons. The van der Waals surface area contributed by atoms with Crippen molar-refractivity contribution in [2.24, 2.45) is 0 Å². The summed E-state index contributed by atoms with van der Waals surface area (Å²) >= 11 is 0. The zero-order valence-electron chi connectivity index (χ0n) is 4.36. The summed E-state index contributed by atoms with van der Waals surface area (Å²) in [4.78, 5) is 0. The molecule has 1 nitrogen and oxygen atoms in total. The van der Waals surface area contributed by atoms with Crippen molar-refractivity contribution in [2.75, 3.05) is 6.54 Å². The summed E-state index contributed by atoms with van der Waals surface area (Å²) in [5.74, 6) is 0. The summed E-state index contributed by atoms with van der Waals surface area (Å²) in [6.07, 6.45) is 6.95. The van der Waals surface area contributed by atoms with Gasteiger partial charge in [0.25, 0.3) is 0 Å². The Morgan fingerprint density at radius 2 is 2.71 bits per heavy atom.